The van der Waals surface area contributed by atoms with E-state index >= 15 is 0 Å². The molecule has 8 heteroatoms. The molecular weight excluding hydrogens is 306 g/mol. The smallest absolute Gasteiger partial charge is 0.272 e. The zero-order chi connectivity index (χ0) is 16.5. The number of piperazine rings is 1. The fourth-order valence-electron chi connectivity index (χ4n) is 3.06. The SMILES string of the molecule is Cc1cc2nc(CN3CCN(c4cnccn4)CC3)cc(=O)n2[nH]1. The van der Waals surface area contributed by atoms with Crippen LogP contribution in [0.5, 0.6) is 0 Å². The first-order valence-electron chi connectivity index (χ1n) is 8.01. The first-order chi connectivity index (χ1) is 11.7. The lowest BCUT2D eigenvalue weighted by atomic mass is 10.3. The molecule has 0 aliphatic carbocycles. The van der Waals surface area contributed by atoms with Crippen molar-refractivity contribution in [3.8, 4) is 0 Å². The number of H-pyrrole nitrogens is 1. The first kappa shape index (κ1) is 14.8. The van der Waals surface area contributed by atoms with Crippen LogP contribution in [0.15, 0.2) is 35.5 Å². The molecule has 8 nitrogen and oxygen atoms in total. The van der Waals surface area contributed by atoms with Gasteiger partial charge in [0.15, 0.2) is 5.65 Å². The molecule has 3 aromatic rings. The summed E-state index contributed by atoms with van der Waals surface area (Å²) in [5.41, 5.74) is 2.34. The topological polar surface area (TPSA) is 82.4 Å². The fraction of sp³-hybridized carbons (Fsp3) is 0.375. The summed E-state index contributed by atoms with van der Waals surface area (Å²) < 4.78 is 1.48. The molecule has 24 heavy (non-hydrogen) atoms. The average molecular weight is 325 g/mol. The summed E-state index contributed by atoms with van der Waals surface area (Å²) in [5.74, 6) is 0.915. The van der Waals surface area contributed by atoms with E-state index in [0.29, 0.717) is 12.2 Å². The molecule has 1 aliphatic rings. The van der Waals surface area contributed by atoms with E-state index in [1.807, 2.05) is 13.0 Å². The number of aromatic nitrogens is 5. The van der Waals surface area contributed by atoms with Crippen molar-refractivity contribution in [1.29, 1.82) is 0 Å². The second-order valence-corrected chi connectivity index (χ2v) is 6.05. The largest absolute Gasteiger partial charge is 0.353 e. The first-order valence-corrected chi connectivity index (χ1v) is 8.01. The van der Waals surface area contributed by atoms with Gasteiger partial charge in [-0.1, -0.05) is 0 Å². The standard InChI is InChI=1S/C16H19N7O/c1-12-8-14-19-13(9-16(24)23(14)20-12)11-21-4-6-22(7-5-21)15-10-17-2-3-18-15/h2-3,8-10,20H,4-7,11H2,1H3. The molecule has 124 valence electrons. The highest BCUT2D eigenvalue weighted by atomic mass is 16.1. The lowest BCUT2D eigenvalue weighted by Gasteiger charge is -2.34. The zero-order valence-electron chi connectivity index (χ0n) is 13.5. The summed E-state index contributed by atoms with van der Waals surface area (Å²) in [7, 11) is 0. The number of hydrogen-bond donors (Lipinski definition) is 1. The van der Waals surface area contributed by atoms with Gasteiger partial charge in [0, 0.05) is 62.9 Å². The predicted molar refractivity (Wildman–Crippen MR) is 90.1 cm³/mol. The zero-order valence-corrected chi connectivity index (χ0v) is 13.5. The maximum atomic E-state index is 12.1. The Morgan fingerprint density at radius 2 is 2.00 bits per heavy atom. The third kappa shape index (κ3) is 2.88. The van der Waals surface area contributed by atoms with E-state index in [4.69, 9.17) is 0 Å². The predicted octanol–water partition coefficient (Wildman–Crippen LogP) is 0.443. The van der Waals surface area contributed by atoms with Gasteiger partial charge >= 0.3 is 0 Å². The van der Waals surface area contributed by atoms with Crippen molar-refractivity contribution < 1.29 is 0 Å². The number of nitrogens with one attached hydrogen (secondary N) is 1. The van der Waals surface area contributed by atoms with Crippen LogP contribution in [0, 0.1) is 6.92 Å². The van der Waals surface area contributed by atoms with Crippen LogP contribution in [0.3, 0.4) is 0 Å². The summed E-state index contributed by atoms with van der Waals surface area (Å²) >= 11 is 0. The third-order valence-electron chi connectivity index (χ3n) is 4.26. The van der Waals surface area contributed by atoms with Crippen molar-refractivity contribution in [3.05, 3.63) is 52.5 Å². The van der Waals surface area contributed by atoms with Crippen molar-refractivity contribution >= 4 is 11.5 Å². The fourth-order valence-corrected chi connectivity index (χ4v) is 3.06. The van der Waals surface area contributed by atoms with Crippen LogP contribution in [-0.2, 0) is 6.54 Å². The lowest BCUT2D eigenvalue weighted by Crippen LogP contribution is -2.46. The number of aromatic amines is 1. The van der Waals surface area contributed by atoms with Crippen LogP contribution < -0.4 is 10.5 Å². The summed E-state index contributed by atoms with van der Waals surface area (Å²) in [4.78, 5) is 29.7. The molecule has 0 radical (unpaired) electrons. The van der Waals surface area contributed by atoms with Crippen molar-refractivity contribution in [3.63, 3.8) is 0 Å². The normalized spacial score (nSPS) is 16.0. The molecule has 1 aliphatic heterocycles. The van der Waals surface area contributed by atoms with Gasteiger partial charge in [-0.2, -0.15) is 0 Å². The molecule has 0 spiro atoms. The van der Waals surface area contributed by atoms with Gasteiger partial charge in [-0.15, -0.1) is 0 Å². The van der Waals surface area contributed by atoms with Crippen molar-refractivity contribution in [1.82, 2.24) is 29.5 Å². The Kier molecular flexibility index (Phi) is 3.73. The Hall–Kier alpha value is -2.74. The van der Waals surface area contributed by atoms with Gasteiger partial charge in [-0.05, 0) is 6.92 Å². The Morgan fingerprint density at radius 3 is 2.75 bits per heavy atom. The van der Waals surface area contributed by atoms with Gasteiger partial charge in [-0.3, -0.25) is 19.8 Å². The Morgan fingerprint density at radius 1 is 1.17 bits per heavy atom. The number of rotatable bonds is 3. The molecule has 0 bridgehead atoms. The van der Waals surface area contributed by atoms with Gasteiger partial charge < -0.3 is 4.90 Å². The summed E-state index contributed by atoms with van der Waals surface area (Å²) in [6.07, 6.45) is 5.19. The molecular formula is C16H19N7O. The van der Waals surface area contributed by atoms with Gasteiger partial charge in [0.05, 0.1) is 11.9 Å². The number of fused-ring (bicyclic) bond motifs is 1. The summed E-state index contributed by atoms with van der Waals surface area (Å²) in [6, 6.07) is 3.49. The van der Waals surface area contributed by atoms with E-state index in [0.717, 1.165) is 43.4 Å². The van der Waals surface area contributed by atoms with E-state index in [9.17, 15) is 4.79 Å². The van der Waals surface area contributed by atoms with Crippen molar-refractivity contribution in [2.45, 2.75) is 13.5 Å². The molecule has 1 N–H and O–H groups in total. The molecule has 0 amide bonds. The molecule has 4 rings (SSSR count). The maximum Gasteiger partial charge on any atom is 0.272 e. The third-order valence-corrected chi connectivity index (χ3v) is 4.26. The van der Waals surface area contributed by atoms with Crippen molar-refractivity contribution in [2.24, 2.45) is 0 Å². The lowest BCUT2D eigenvalue weighted by molar-refractivity contribution is 0.246. The number of anilines is 1. The quantitative estimate of drug-likeness (QED) is 0.752. The highest BCUT2D eigenvalue weighted by molar-refractivity contribution is 5.39. The Bertz CT molecular complexity index is 894. The Balaban J connectivity index is 1.45. The molecule has 0 aromatic carbocycles. The summed E-state index contributed by atoms with van der Waals surface area (Å²) in [6.45, 7) is 6.20. The van der Waals surface area contributed by atoms with E-state index in [1.54, 1.807) is 24.7 Å². The number of aryl methyl sites for hydroxylation is 1. The van der Waals surface area contributed by atoms with E-state index in [1.165, 1.54) is 4.52 Å². The van der Waals surface area contributed by atoms with E-state index in [2.05, 4.69) is 29.9 Å². The highest BCUT2D eigenvalue weighted by Gasteiger charge is 2.19. The Labute approximate surface area is 138 Å². The minimum Gasteiger partial charge on any atom is -0.353 e. The molecule has 3 aromatic heterocycles. The van der Waals surface area contributed by atoms with Gasteiger partial charge in [-0.25, -0.2) is 14.5 Å². The van der Waals surface area contributed by atoms with Gasteiger partial charge in [0.25, 0.3) is 5.56 Å². The number of hydrogen-bond acceptors (Lipinski definition) is 6. The van der Waals surface area contributed by atoms with Crippen LogP contribution in [-0.4, -0.2) is 55.6 Å². The van der Waals surface area contributed by atoms with Crippen LogP contribution in [0.4, 0.5) is 5.82 Å². The molecule has 4 heterocycles. The van der Waals surface area contributed by atoms with Crippen LogP contribution in [0.2, 0.25) is 0 Å². The molecule has 0 atom stereocenters. The van der Waals surface area contributed by atoms with Crippen LogP contribution in [0.25, 0.3) is 5.65 Å². The second-order valence-electron chi connectivity index (χ2n) is 6.05. The highest BCUT2D eigenvalue weighted by Crippen LogP contribution is 2.13. The van der Waals surface area contributed by atoms with Crippen LogP contribution >= 0.6 is 0 Å². The average Bonchev–Trinajstić information content (AvgIpc) is 2.97. The minimum absolute atomic E-state index is 0.0682. The molecule has 1 fully saturated rings. The van der Waals surface area contributed by atoms with Gasteiger partial charge in [0.2, 0.25) is 0 Å². The van der Waals surface area contributed by atoms with Gasteiger partial charge in [0.1, 0.15) is 5.82 Å². The maximum absolute atomic E-state index is 12.1. The van der Waals surface area contributed by atoms with Crippen molar-refractivity contribution in [2.75, 3.05) is 31.1 Å². The molecule has 0 saturated carbocycles. The second kappa shape index (κ2) is 6.04. The molecule has 0 unspecified atom stereocenters. The van der Waals surface area contributed by atoms with E-state index in [-0.39, 0.29) is 5.56 Å². The minimum atomic E-state index is -0.0682. The number of nitrogens with zero attached hydrogens (tertiary/aromatic N) is 6. The van der Waals surface area contributed by atoms with Crippen LogP contribution in [0.1, 0.15) is 11.4 Å². The van der Waals surface area contributed by atoms with E-state index < -0.39 is 0 Å². The summed E-state index contributed by atoms with van der Waals surface area (Å²) in [5, 5.41) is 2.99. The monoisotopic (exact) mass is 325 g/mol. The molecule has 1 saturated heterocycles.